The van der Waals surface area contributed by atoms with Gasteiger partial charge in [0.05, 0.1) is 11.4 Å². The van der Waals surface area contributed by atoms with Crippen molar-refractivity contribution in [2.45, 2.75) is 26.2 Å². The molecule has 0 saturated heterocycles. The van der Waals surface area contributed by atoms with E-state index in [2.05, 4.69) is 47.0 Å². The Morgan fingerprint density at radius 2 is 2.00 bits per heavy atom. The molecule has 0 amide bonds. The van der Waals surface area contributed by atoms with E-state index in [4.69, 9.17) is 0 Å². The van der Waals surface area contributed by atoms with Gasteiger partial charge in [0.15, 0.2) is 0 Å². The van der Waals surface area contributed by atoms with E-state index >= 15 is 0 Å². The van der Waals surface area contributed by atoms with Crippen molar-refractivity contribution < 1.29 is 0 Å². The second-order valence-corrected chi connectivity index (χ2v) is 5.05. The lowest BCUT2D eigenvalue weighted by molar-refractivity contribution is 0.807. The van der Waals surface area contributed by atoms with Crippen LogP contribution in [0.2, 0.25) is 0 Å². The lowest BCUT2D eigenvalue weighted by Crippen LogP contribution is -2.05. The highest BCUT2D eigenvalue weighted by atomic mass is 14.8. The molecule has 104 valence electrons. The quantitative estimate of drug-likeness (QED) is 0.839. The summed E-state index contributed by atoms with van der Waals surface area (Å²) >= 11 is 0. The highest BCUT2D eigenvalue weighted by Gasteiger charge is 2.13. The standard InChI is InChI=1S/C17H21N3/c1-12(9-15-7-5-6-8-16(15)18-4)14(3)17-11-19-13(2)10-20-17/h5-8,10-11,14,18H,1,9H2,2-4H3. The topological polar surface area (TPSA) is 37.8 Å². The van der Waals surface area contributed by atoms with Gasteiger partial charge in [0.25, 0.3) is 0 Å². The molecule has 1 atom stereocenters. The van der Waals surface area contributed by atoms with Gasteiger partial charge in [-0.25, -0.2) is 0 Å². The maximum atomic E-state index is 4.44. The first kappa shape index (κ1) is 14.3. The monoisotopic (exact) mass is 267 g/mol. The van der Waals surface area contributed by atoms with Crippen molar-refractivity contribution >= 4 is 5.69 Å². The number of allylic oxidation sites excluding steroid dienone is 1. The van der Waals surface area contributed by atoms with Crippen LogP contribution >= 0.6 is 0 Å². The van der Waals surface area contributed by atoms with E-state index < -0.39 is 0 Å². The Labute approximate surface area is 120 Å². The van der Waals surface area contributed by atoms with E-state index in [0.717, 1.165) is 29.1 Å². The number of nitrogens with zero attached hydrogens (tertiary/aromatic N) is 2. The number of rotatable bonds is 5. The molecule has 2 rings (SSSR count). The summed E-state index contributed by atoms with van der Waals surface area (Å²) in [4.78, 5) is 8.75. The molecule has 3 nitrogen and oxygen atoms in total. The van der Waals surface area contributed by atoms with Crippen molar-refractivity contribution in [2.24, 2.45) is 0 Å². The van der Waals surface area contributed by atoms with Gasteiger partial charge in [0.2, 0.25) is 0 Å². The van der Waals surface area contributed by atoms with E-state index in [1.807, 2.05) is 26.2 Å². The number of hydrogen-bond donors (Lipinski definition) is 1. The maximum Gasteiger partial charge on any atom is 0.0655 e. The van der Waals surface area contributed by atoms with Crippen molar-refractivity contribution in [1.29, 1.82) is 0 Å². The average Bonchev–Trinajstić information content (AvgIpc) is 2.48. The Balaban J connectivity index is 2.13. The molecule has 1 aromatic carbocycles. The zero-order valence-corrected chi connectivity index (χ0v) is 12.4. The van der Waals surface area contributed by atoms with Crippen molar-refractivity contribution in [3.8, 4) is 0 Å². The van der Waals surface area contributed by atoms with Gasteiger partial charge in [-0.2, -0.15) is 0 Å². The van der Waals surface area contributed by atoms with Crippen molar-refractivity contribution in [3.05, 3.63) is 65.8 Å². The second kappa shape index (κ2) is 6.33. The largest absolute Gasteiger partial charge is 0.388 e. The zero-order valence-electron chi connectivity index (χ0n) is 12.4. The zero-order chi connectivity index (χ0) is 14.5. The van der Waals surface area contributed by atoms with E-state index in [1.165, 1.54) is 5.56 Å². The minimum Gasteiger partial charge on any atom is -0.388 e. The van der Waals surface area contributed by atoms with Crippen LogP contribution < -0.4 is 5.32 Å². The highest BCUT2D eigenvalue weighted by Crippen LogP contribution is 2.26. The summed E-state index contributed by atoms with van der Waals surface area (Å²) in [6.45, 7) is 8.30. The molecule has 0 saturated carbocycles. The Bertz CT molecular complexity index is 587. The maximum absolute atomic E-state index is 4.44. The highest BCUT2D eigenvalue weighted by molar-refractivity contribution is 5.52. The number of hydrogen-bond acceptors (Lipinski definition) is 3. The molecular weight excluding hydrogens is 246 g/mol. The summed E-state index contributed by atoms with van der Waals surface area (Å²) in [6.07, 6.45) is 4.49. The third-order valence-electron chi connectivity index (χ3n) is 3.56. The van der Waals surface area contributed by atoms with Gasteiger partial charge in [-0.1, -0.05) is 37.3 Å². The molecule has 0 bridgehead atoms. The van der Waals surface area contributed by atoms with E-state index in [1.54, 1.807) is 6.20 Å². The summed E-state index contributed by atoms with van der Waals surface area (Å²) in [5.74, 6) is 0.202. The summed E-state index contributed by atoms with van der Waals surface area (Å²) < 4.78 is 0. The molecule has 1 unspecified atom stereocenters. The minimum absolute atomic E-state index is 0.202. The van der Waals surface area contributed by atoms with Crippen LogP contribution in [0.5, 0.6) is 0 Å². The fraction of sp³-hybridized carbons (Fsp3) is 0.294. The Kier molecular flexibility index (Phi) is 4.51. The number of anilines is 1. The molecule has 20 heavy (non-hydrogen) atoms. The summed E-state index contributed by atoms with van der Waals surface area (Å²) in [6, 6.07) is 8.30. The Hall–Kier alpha value is -2.16. The first-order valence-electron chi connectivity index (χ1n) is 6.83. The molecule has 1 heterocycles. The van der Waals surface area contributed by atoms with Crippen LogP contribution in [0.25, 0.3) is 0 Å². The van der Waals surface area contributed by atoms with Crippen LogP contribution in [0.1, 0.15) is 29.8 Å². The number of nitrogens with one attached hydrogen (secondary N) is 1. The molecule has 0 fully saturated rings. The Morgan fingerprint density at radius 3 is 2.65 bits per heavy atom. The lowest BCUT2D eigenvalue weighted by atomic mass is 9.93. The van der Waals surface area contributed by atoms with Crippen molar-refractivity contribution in [3.63, 3.8) is 0 Å². The number of aryl methyl sites for hydroxylation is 1. The van der Waals surface area contributed by atoms with Gasteiger partial charge in [0, 0.05) is 31.0 Å². The molecule has 0 radical (unpaired) electrons. The second-order valence-electron chi connectivity index (χ2n) is 5.05. The van der Waals surface area contributed by atoms with Gasteiger partial charge < -0.3 is 5.32 Å². The number of aromatic nitrogens is 2. The molecule has 3 heteroatoms. The molecule has 0 aliphatic rings. The van der Waals surface area contributed by atoms with Crippen LogP contribution in [0.4, 0.5) is 5.69 Å². The SMILES string of the molecule is C=C(Cc1ccccc1NC)C(C)c1cnc(C)cn1. The minimum atomic E-state index is 0.202. The smallest absolute Gasteiger partial charge is 0.0655 e. The summed E-state index contributed by atoms with van der Waals surface area (Å²) in [5.41, 5.74) is 5.46. The van der Waals surface area contributed by atoms with Gasteiger partial charge in [-0.05, 0) is 25.0 Å². The van der Waals surface area contributed by atoms with Crippen LogP contribution in [0.3, 0.4) is 0 Å². The summed E-state index contributed by atoms with van der Waals surface area (Å²) in [7, 11) is 1.94. The lowest BCUT2D eigenvalue weighted by Gasteiger charge is -2.16. The number of para-hydroxylation sites is 1. The summed E-state index contributed by atoms with van der Waals surface area (Å²) in [5, 5.41) is 3.22. The average molecular weight is 267 g/mol. The first-order chi connectivity index (χ1) is 9.61. The van der Waals surface area contributed by atoms with Crippen LogP contribution in [-0.2, 0) is 6.42 Å². The third-order valence-corrected chi connectivity index (χ3v) is 3.56. The molecule has 2 aromatic rings. The van der Waals surface area contributed by atoms with E-state index in [-0.39, 0.29) is 5.92 Å². The van der Waals surface area contributed by atoms with Gasteiger partial charge in [0.1, 0.15) is 0 Å². The van der Waals surface area contributed by atoms with Gasteiger partial charge in [-0.15, -0.1) is 0 Å². The molecule has 1 N–H and O–H groups in total. The fourth-order valence-corrected chi connectivity index (χ4v) is 2.15. The normalized spacial score (nSPS) is 11.9. The molecule has 1 aromatic heterocycles. The van der Waals surface area contributed by atoms with Gasteiger partial charge >= 0.3 is 0 Å². The molecule has 0 aliphatic heterocycles. The van der Waals surface area contributed by atoms with Crippen molar-refractivity contribution in [1.82, 2.24) is 9.97 Å². The number of benzene rings is 1. The van der Waals surface area contributed by atoms with Crippen LogP contribution in [0.15, 0.2) is 48.8 Å². The fourth-order valence-electron chi connectivity index (χ4n) is 2.15. The van der Waals surface area contributed by atoms with Crippen LogP contribution in [0, 0.1) is 6.92 Å². The molecule has 0 spiro atoms. The third kappa shape index (κ3) is 3.23. The van der Waals surface area contributed by atoms with Crippen LogP contribution in [-0.4, -0.2) is 17.0 Å². The van der Waals surface area contributed by atoms with Gasteiger partial charge in [-0.3, -0.25) is 9.97 Å². The van der Waals surface area contributed by atoms with Crippen molar-refractivity contribution in [2.75, 3.05) is 12.4 Å². The Morgan fingerprint density at radius 1 is 1.25 bits per heavy atom. The first-order valence-corrected chi connectivity index (χ1v) is 6.83. The molecular formula is C17H21N3. The predicted molar refractivity (Wildman–Crippen MR) is 84.0 cm³/mol. The predicted octanol–water partition coefficient (Wildman–Crippen LogP) is 3.73. The van der Waals surface area contributed by atoms with E-state index in [9.17, 15) is 0 Å². The van der Waals surface area contributed by atoms with E-state index in [0.29, 0.717) is 0 Å². The molecule has 0 aliphatic carbocycles.